The van der Waals surface area contributed by atoms with Gasteiger partial charge < -0.3 is 22.0 Å². The number of benzene rings is 1. The average molecular weight is 235 g/mol. The first kappa shape index (κ1) is 12.5. The zero-order valence-corrected chi connectivity index (χ0v) is 8.32. The van der Waals surface area contributed by atoms with E-state index in [9.17, 15) is 17.3 Å². The topological polar surface area (TPSA) is 12.2 Å². The van der Waals surface area contributed by atoms with Crippen LogP contribution in [0.5, 0.6) is 0 Å². The van der Waals surface area contributed by atoms with Crippen molar-refractivity contribution in [2.24, 2.45) is 0 Å². The fraction of sp³-hybridized carbons (Fsp3) is 0.222. The summed E-state index contributed by atoms with van der Waals surface area (Å²) < 4.78 is 46.2. The summed E-state index contributed by atoms with van der Waals surface area (Å²) in [6, 6.07) is 10.2. The Bertz CT molecular complexity index is 346. The molecule has 0 spiro atoms. The van der Waals surface area contributed by atoms with Gasteiger partial charge in [0, 0.05) is 12.1 Å². The minimum atomic E-state index is -6.00. The first-order valence-corrected chi connectivity index (χ1v) is 4.61. The van der Waals surface area contributed by atoms with Crippen LogP contribution in [0.2, 0.25) is 0 Å². The lowest BCUT2D eigenvalue weighted by Crippen LogP contribution is -2.02. The molecule has 1 heterocycles. The van der Waals surface area contributed by atoms with Gasteiger partial charge in [-0.15, -0.1) is 0 Å². The third kappa shape index (κ3) is 5.38. The summed E-state index contributed by atoms with van der Waals surface area (Å²) in [5, 5.41) is 0. The SMILES string of the molecule is C1=[N+](c2ccccc2)CCO1.F[B-](F)(F)F. The molecule has 2 nitrogen and oxygen atoms in total. The third-order valence-corrected chi connectivity index (χ3v) is 1.74. The standard InChI is InChI=1S/C9H10NO.BF4/c1-2-4-9(5-3-1)10-6-7-11-8-10;2-1(3,4)5/h1-5,8H,6-7H2;/q+1;-1. The second-order valence-corrected chi connectivity index (χ2v) is 3.00. The number of nitrogens with zero attached hydrogens (tertiary/aromatic N) is 1. The Morgan fingerprint density at radius 2 is 1.62 bits per heavy atom. The van der Waals surface area contributed by atoms with Gasteiger partial charge >= 0.3 is 13.7 Å². The van der Waals surface area contributed by atoms with E-state index < -0.39 is 7.25 Å². The molecule has 1 aromatic carbocycles. The molecule has 0 aliphatic carbocycles. The predicted molar refractivity (Wildman–Crippen MR) is 53.4 cm³/mol. The molecule has 0 N–H and O–H groups in total. The normalized spacial score (nSPS) is 14.6. The quantitative estimate of drug-likeness (QED) is 0.414. The fourth-order valence-corrected chi connectivity index (χ4v) is 1.16. The van der Waals surface area contributed by atoms with Crippen molar-refractivity contribution in [3.8, 4) is 0 Å². The molecule has 0 unspecified atom stereocenters. The van der Waals surface area contributed by atoms with Crippen LogP contribution in [-0.4, -0.2) is 31.4 Å². The maximum Gasteiger partial charge on any atom is 0.673 e. The van der Waals surface area contributed by atoms with Crippen LogP contribution in [0, 0.1) is 0 Å². The van der Waals surface area contributed by atoms with E-state index in [-0.39, 0.29) is 0 Å². The number of rotatable bonds is 1. The van der Waals surface area contributed by atoms with Gasteiger partial charge in [0.1, 0.15) is 0 Å². The van der Waals surface area contributed by atoms with E-state index in [0.29, 0.717) is 0 Å². The first-order chi connectivity index (χ1) is 7.47. The van der Waals surface area contributed by atoms with Crippen molar-refractivity contribution in [2.75, 3.05) is 13.2 Å². The Morgan fingerprint density at radius 3 is 2.06 bits per heavy atom. The van der Waals surface area contributed by atoms with Crippen LogP contribution in [0.25, 0.3) is 0 Å². The van der Waals surface area contributed by atoms with Gasteiger partial charge in [-0.05, 0) is 0 Å². The molecular formula is C9H10BF4NO. The summed E-state index contributed by atoms with van der Waals surface area (Å²) in [5.41, 5.74) is 1.20. The summed E-state index contributed by atoms with van der Waals surface area (Å²) in [6.45, 7) is 1.76. The van der Waals surface area contributed by atoms with Crippen molar-refractivity contribution in [3.63, 3.8) is 0 Å². The van der Waals surface area contributed by atoms with Crippen LogP contribution in [0.3, 0.4) is 0 Å². The van der Waals surface area contributed by atoms with Crippen LogP contribution in [0.4, 0.5) is 23.0 Å². The van der Waals surface area contributed by atoms with Crippen LogP contribution < -0.4 is 0 Å². The molecule has 0 bridgehead atoms. The molecule has 0 atom stereocenters. The summed E-state index contributed by atoms with van der Waals surface area (Å²) >= 11 is 0. The highest BCUT2D eigenvalue weighted by atomic mass is 19.5. The van der Waals surface area contributed by atoms with Crippen molar-refractivity contribution in [1.29, 1.82) is 0 Å². The van der Waals surface area contributed by atoms with E-state index in [1.54, 1.807) is 6.40 Å². The molecule has 7 heteroatoms. The molecule has 16 heavy (non-hydrogen) atoms. The maximum absolute atomic E-state index is 9.75. The van der Waals surface area contributed by atoms with Crippen molar-refractivity contribution in [3.05, 3.63) is 30.3 Å². The van der Waals surface area contributed by atoms with Crippen LogP contribution >= 0.6 is 0 Å². The predicted octanol–water partition coefficient (Wildman–Crippen LogP) is 2.69. The maximum atomic E-state index is 9.75. The van der Waals surface area contributed by atoms with Crippen molar-refractivity contribution in [1.82, 2.24) is 0 Å². The Kier molecular flexibility index (Phi) is 4.33. The van der Waals surface area contributed by atoms with Gasteiger partial charge in [-0.2, -0.15) is 4.58 Å². The average Bonchev–Trinajstić information content (AvgIpc) is 2.69. The largest absolute Gasteiger partial charge is 0.673 e. The monoisotopic (exact) mass is 235 g/mol. The lowest BCUT2D eigenvalue weighted by Gasteiger charge is -1.94. The number of hydrogen-bond donors (Lipinski definition) is 0. The lowest BCUT2D eigenvalue weighted by molar-refractivity contribution is -0.424. The molecule has 1 aromatic rings. The Morgan fingerprint density at radius 1 is 1.06 bits per heavy atom. The Labute approximate surface area is 90.3 Å². The van der Waals surface area contributed by atoms with E-state index in [2.05, 4.69) is 16.7 Å². The number of ether oxygens (including phenoxy) is 1. The minimum Gasteiger partial charge on any atom is -0.443 e. The minimum absolute atomic E-state index is 0.800. The fourth-order valence-electron chi connectivity index (χ4n) is 1.16. The van der Waals surface area contributed by atoms with E-state index in [1.165, 1.54) is 5.69 Å². The Balaban J connectivity index is 0.000000221. The summed E-state index contributed by atoms with van der Waals surface area (Å²) in [6.07, 6.45) is 1.77. The van der Waals surface area contributed by atoms with Crippen LogP contribution in [-0.2, 0) is 4.74 Å². The van der Waals surface area contributed by atoms with E-state index >= 15 is 0 Å². The number of para-hydroxylation sites is 1. The third-order valence-electron chi connectivity index (χ3n) is 1.74. The summed E-state index contributed by atoms with van der Waals surface area (Å²) in [5.74, 6) is 0. The highest BCUT2D eigenvalue weighted by molar-refractivity contribution is 6.50. The molecule has 0 aromatic heterocycles. The summed E-state index contributed by atoms with van der Waals surface area (Å²) in [4.78, 5) is 0. The van der Waals surface area contributed by atoms with E-state index in [0.717, 1.165) is 13.2 Å². The van der Waals surface area contributed by atoms with Crippen molar-refractivity contribution >= 4 is 19.3 Å². The number of halogens is 4. The van der Waals surface area contributed by atoms with Gasteiger partial charge in [0.2, 0.25) is 5.69 Å². The summed E-state index contributed by atoms with van der Waals surface area (Å²) in [7, 11) is -6.00. The first-order valence-electron chi connectivity index (χ1n) is 4.61. The molecule has 1 aliphatic rings. The van der Waals surface area contributed by atoms with Crippen LogP contribution in [0.15, 0.2) is 30.3 Å². The van der Waals surface area contributed by atoms with Crippen LogP contribution in [0.1, 0.15) is 0 Å². The number of hydrogen-bond acceptors (Lipinski definition) is 1. The van der Waals surface area contributed by atoms with Gasteiger partial charge in [0.05, 0.1) is 0 Å². The zero-order valence-electron chi connectivity index (χ0n) is 8.32. The molecule has 88 valence electrons. The van der Waals surface area contributed by atoms with Gasteiger partial charge in [-0.3, -0.25) is 0 Å². The molecule has 0 fully saturated rings. The van der Waals surface area contributed by atoms with Crippen molar-refractivity contribution in [2.45, 2.75) is 0 Å². The zero-order chi connectivity index (χ0) is 12.0. The highest BCUT2D eigenvalue weighted by Crippen LogP contribution is 2.10. The molecule has 0 amide bonds. The van der Waals surface area contributed by atoms with Gasteiger partial charge in [0.15, 0.2) is 13.2 Å². The van der Waals surface area contributed by atoms with Crippen molar-refractivity contribution < 1.29 is 26.6 Å². The highest BCUT2D eigenvalue weighted by Gasteiger charge is 2.20. The Hall–Kier alpha value is -1.53. The second kappa shape index (κ2) is 5.53. The van der Waals surface area contributed by atoms with Gasteiger partial charge in [-0.1, -0.05) is 18.2 Å². The van der Waals surface area contributed by atoms with E-state index in [4.69, 9.17) is 4.74 Å². The van der Waals surface area contributed by atoms with Gasteiger partial charge in [-0.25, -0.2) is 0 Å². The molecular weight excluding hydrogens is 225 g/mol. The molecule has 0 radical (unpaired) electrons. The van der Waals surface area contributed by atoms with Gasteiger partial charge in [0.25, 0.3) is 0 Å². The lowest BCUT2D eigenvalue weighted by atomic mass is 10.3. The molecule has 2 rings (SSSR count). The smallest absolute Gasteiger partial charge is 0.443 e. The van der Waals surface area contributed by atoms with E-state index in [1.807, 2.05) is 18.2 Å². The molecule has 1 aliphatic heterocycles. The molecule has 0 saturated heterocycles. The molecule has 0 saturated carbocycles. The second-order valence-electron chi connectivity index (χ2n) is 3.00.